The lowest BCUT2D eigenvalue weighted by molar-refractivity contribution is -0.138. The molecule has 7 heteroatoms. The molecule has 0 spiro atoms. The number of hydrogen-bond donors (Lipinski definition) is 1. The SMILES string of the molecule is CC(=O)N(C)[C@@H]1CO[C@@H]2CCN(Cc3ccnn3C)C[C@@H]2C[C@@]1(C)O. The fourth-order valence-electron chi connectivity index (χ4n) is 4.24. The van der Waals surface area contributed by atoms with Gasteiger partial charge in [-0.3, -0.25) is 14.4 Å². The molecule has 3 rings (SSSR count). The van der Waals surface area contributed by atoms with Crippen LogP contribution in [0.25, 0.3) is 0 Å². The van der Waals surface area contributed by atoms with Crippen LogP contribution in [0.3, 0.4) is 0 Å². The van der Waals surface area contributed by atoms with Crippen LogP contribution in [0.5, 0.6) is 0 Å². The Morgan fingerprint density at radius 3 is 2.96 bits per heavy atom. The third-order valence-corrected chi connectivity index (χ3v) is 5.88. The molecule has 1 N–H and O–H groups in total. The molecule has 1 aromatic heterocycles. The highest BCUT2D eigenvalue weighted by Gasteiger charge is 2.45. The molecule has 1 aromatic rings. The Labute approximate surface area is 149 Å². The van der Waals surface area contributed by atoms with Crippen LogP contribution in [0.4, 0.5) is 0 Å². The molecule has 0 bridgehead atoms. The standard InChI is InChI=1S/C18H30N4O3/c1-13(23)20(3)17-12-25-16-6-8-22(10-14(16)9-18(17,2)24)11-15-5-7-19-21(15)4/h5,7,14,16-17,24H,6,8-12H2,1-4H3/t14-,16+,17+,18+/m0/s1. The molecule has 0 saturated carbocycles. The number of rotatable bonds is 3. The van der Waals surface area contributed by atoms with Crippen molar-refractivity contribution in [3.63, 3.8) is 0 Å². The molecular weight excluding hydrogens is 320 g/mol. The number of piperidine rings is 1. The molecule has 1 amide bonds. The first-order chi connectivity index (χ1) is 11.8. The first-order valence-corrected chi connectivity index (χ1v) is 9.04. The van der Waals surface area contributed by atoms with Crippen molar-refractivity contribution in [2.75, 3.05) is 26.7 Å². The lowest BCUT2D eigenvalue weighted by atomic mass is 9.82. The van der Waals surface area contributed by atoms with Gasteiger partial charge in [0.15, 0.2) is 0 Å². The minimum absolute atomic E-state index is 0.0448. The van der Waals surface area contributed by atoms with E-state index in [0.717, 1.165) is 26.1 Å². The molecule has 2 aliphatic heterocycles. The lowest BCUT2D eigenvalue weighted by Crippen LogP contribution is -2.53. The summed E-state index contributed by atoms with van der Waals surface area (Å²) in [6.45, 7) is 6.49. The highest BCUT2D eigenvalue weighted by atomic mass is 16.5. The van der Waals surface area contributed by atoms with Gasteiger partial charge in [-0.15, -0.1) is 0 Å². The molecule has 3 heterocycles. The zero-order valence-electron chi connectivity index (χ0n) is 15.7. The maximum Gasteiger partial charge on any atom is 0.219 e. The van der Waals surface area contributed by atoms with Crippen LogP contribution in [0.1, 0.15) is 32.4 Å². The monoisotopic (exact) mass is 350 g/mol. The number of likely N-dealkylation sites (N-methyl/N-ethyl adjacent to an activating group) is 1. The zero-order chi connectivity index (χ0) is 18.2. The predicted octanol–water partition coefficient (Wildman–Crippen LogP) is 0.629. The van der Waals surface area contributed by atoms with E-state index >= 15 is 0 Å². The van der Waals surface area contributed by atoms with Gasteiger partial charge >= 0.3 is 0 Å². The molecule has 7 nitrogen and oxygen atoms in total. The Bertz CT molecular complexity index is 615. The quantitative estimate of drug-likeness (QED) is 0.866. The largest absolute Gasteiger partial charge is 0.388 e. The Morgan fingerprint density at radius 2 is 2.32 bits per heavy atom. The van der Waals surface area contributed by atoms with Gasteiger partial charge in [0.1, 0.15) is 0 Å². The van der Waals surface area contributed by atoms with Crippen molar-refractivity contribution in [2.45, 2.75) is 51.0 Å². The van der Waals surface area contributed by atoms with Crippen molar-refractivity contribution < 1.29 is 14.6 Å². The third-order valence-electron chi connectivity index (χ3n) is 5.88. The van der Waals surface area contributed by atoms with E-state index in [1.807, 2.05) is 30.9 Å². The van der Waals surface area contributed by atoms with E-state index in [4.69, 9.17) is 4.74 Å². The minimum Gasteiger partial charge on any atom is -0.388 e. The summed E-state index contributed by atoms with van der Waals surface area (Å²) >= 11 is 0. The van der Waals surface area contributed by atoms with Gasteiger partial charge in [-0.05, 0) is 25.8 Å². The molecule has 0 aliphatic carbocycles. The van der Waals surface area contributed by atoms with Crippen LogP contribution < -0.4 is 0 Å². The summed E-state index contributed by atoms with van der Waals surface area (Å²) in [6.07, 6.45) is 3.57. The maximum absolute atomic E-state index is 11.8. The van der Waals surface area contributed by atoms with Crippen LogP contribution in [-0.2, 0) is 23.1 Å². The second kappa shape index (κ2) is 7.05. The Kier molecular flexibility index (Phi) is 5.18. The first kappa shape index (κ1) is 18.4. The van der Waals surface area contributed by atoms with Crippen molar-refractivity contribution in [3.05, 3.63) is 18.0 Å². The molecule has 140 valence electrons. The number of aryl methyl sites for hydroxylation is 1. The van der Waals surface area contributed by atoms with E-state index in [2.05, 4.69) is 10.00 Å². The van der Waals surface area contributed by atoms with E-state index < -0.39 is 5.60 Å². The van der Waals surface area contributed by atoms with Gasteiger partial charge in [0.25, 0.3) is 0 Å². The smallest absolute Gasteiger partial charge is 0.219 e. The summed E-state index contributed by atoms with van der Waals surface area (Å²) < 4.78 is 8.04. The molecule has 2 saturated heterocycles. The average Bonchev–Trinajstić information content (AvgIpc) is 2.87. The summed E-state index contributed by atoms with van der Waals surface area (Å²) in [7, 11) is 3.71. The van der Waals surface area contributed by atoms with E-state index in [1.54, 1.807) is 11.9 Å². The fraction of sp³-hybridized carbons (Fsp3) is 0.778. The van der Waals surface area contributed by atoms with Crippen LogP contribution in [0.2, 0.25) is 0 Å². The van der Waals surface area contributed by atoms with Crippen molar-refractivity contribution in [3.8, 4) is 0 Å². The second-order valence-electron chi connectivity index (χ2n) is 7.81. The van der Waals surface area contributed by atoms with Crippen molar-refractivity contribution in [1.82, 2.24) is 19.6 Å². The zero-order valence-corrected chi connectivity index (χ0v) is 15.7. The normalized spacial score (nSPS) is 33.6. The van der Waals surface area contributed by atoms with E-state index in [0.29, 0.717) is 13.0 Å². The van der Waals surface area contributed by atoms with Gasteiger partial charge in [-0.1, -0.05) is 0 Å². The van der Waals surface area contributed by atoms with Crippen LogP contribution in [-0.4, -0.2) is 75.1 Å². The Balaban J connectivity index is 1.69. The number of carbonyl (C=O) groups excluding carboxylic acids is 1. The third kappa shape index (κ3) is 3.88. The molecule has 2 aliphatic rings. The van der Waals surface area contributed by atoms with Gasteiger partial charge in [-0.2, -0.15) is 5.10 Å². The predicted molar refractivity (Wildman–Crippen MR) is 93.8 cm³/mol. The molecule has 25 heavy (non-hydrogen) atoms. The Morgan fingerprint density at radius 1 is 1.56 bits per heavy atom. The summed E-state index contributed by atoms with van der Waals surface area (Å²) in [5.41, 5.74) is 0.240. The highest BCUT2D eigenvalue weighted by Crippen LogP contribution is 2.35. The summed E-state index contributed by atoms with van der Waals surface area (Å²) in [5.74, 6) is 0.221. The molecule has 2 fully saturated rings. The summed E-state index contributed by atoms with van der Waals surface area (Å²) in [6, 6.07) is 1.74. The first-order valence-electron chi connectivity index (χ1n) is 9.04. The van der Waals surface area contributed by atoms with Crippen LogP contribution >= 0.6 is 0 Å². The van der Waals surface area contributed by atoms with Crippen molar-refractivity contribution in [2.24, 2.45) is 13.0 Å². The van der Waals surface area contributed by atoms with Gasteiger partial charge in [0.2, 0.25) is 5.91 Å². The van der Waals surface area contributed by atoms with E-state index in [9.17, 15) is 9.90 Å². The molecule has 0 radical (unpaired) electrons. The summed E-state index contributed by atoms with van der Waals surface area (Å²) in [5, 5.41) is 15.3. The number of aromatic nitrogens is 2. The highest BCUT2D eigenvalue weighted by molar-refractivity contribution is 5.73. The molecule has 0 unspecified atom stereocenters. The minimum atomic E-state index is -0.949. The van der Waals surface area contributed by atoms with E-state index in [-0.39, 0.29) is 24.0 Å². The number of hydrogen-bond acceptors (Lipinski definition) is 5. The molecule has 4 atom stereocenters. The number of fused-ring (bicyclic) bond motifs is 1. The maximum atomic E-state index is 11.8. The lowest BCUT2D eigenvalue weighted by Gasteiger charge is -2.40. The van der Waals surface area contributed by atoms with Crippen LogP contribution in [0, 0.1) is 5.92 Å². The van der Waals surface area contributed by atoms with Crippen molar-refractivity contribution in [1.29, 1.82) is 0 Å². The summed E-state index contributed by atoms with van der Waals surface area (Å²) in [4.78, 5) is 15.8. The Hall–Kier alpha value is -1.44. The number of amides is 1. The second-order valence-corrected chi connectivity index (χ2v) is 7.81. The van der Waals surface area contributed by atoms with E-state index in [1.165, 1.54) is 12.6 Å². The fourth-order valence-corrected chi connectivity index (χ4v) is 4.24. The van der Waals surface area contributed by atoms with Crippen LogP contribution in [0.15, 0.2) is 12.3 Å². The van der Waals surface area contributed by atoms with Gasteiger partial charge in [-0.25, -0.2) is 0 Å². The number of ether oxygens (including phenoxy) is 1. The van der Waals surface area contributed by atoms with Gasteiger partial charge in [0.05, 0.1) is 30.0 Å². The van der Waals surface area contributed by atoms with Crippen molar-refractivity contribution >= 4 is 5.91 Å². The number of nitrogens with zero attached hydrogens (tertiary/aromatic N) is 4. The number of carbonyl (C=O) groups is 1. The average molecular weight is 350 g/mol. The number of aliphatic hydroxyl groups is 1. The number of likely N-dealkylation sites (tertiary alicyclic amines) is 1. The van der Waals surface area contributed by atoms with Gasteiger partial charge in [0, 0.05) is 52.8 Å². The topological polar surface area (TPSA) is 70.8 Å². The molecular formula is C18H30N4O3. The van der Waals surface area contributed by atoms with Gasteiger partial charge < -0.3 is 14.7 Å². The molecule has 0 aromatic carbocycles.